The van der Waals surface area contributed by atoms with Crippen molar-refractivity contribution < 1.29 is 4.79 Å². The normalized spacial score (nSPS) is 11.6. The smallest absolute Gasteiger partial charge is 0.272 e. The van der Waals surface area contributed by atoms with E-state index in [2.05, 4.69) is 10.4 Å². The highest BCUT2D eigenvalue weighted by Crippen LogP contribution is 2.07. The summed E-state index contributed by atoms with van der Waals surface area (Å²) < 4.78 is 1.63. The number of rotatable bonds is 4. The number of nitriles is 1. The van der Waals surface area contributed by atoms with E-state index < -0.39 is 6.04 Å². The van der Waals surface area contributed by atoms with Crippen molar-refractivity contribution >= 4 is 5.91 Å². The lowest BCUT2D eigenvalue weighted by Gasteiger charge is -2.06. The van der Waals surface area contributed by atoms with Gasteiger partial charge in [0.1, 0.15) is 6.04 Å². The number of aromatic nitrogens is 2. The quantitative estimate of drug-likeness (QED) is 0.905. The van der Waals surface area contributed by atoms with Gasteiger partial charge in [-0.05, 0) is 24.6 Å². The minimum absolute atomic E-state index is 0.303. The van der Waals surface area contributed by atoms with Crippen LogP contribution in [0.1, 0.15) is 23.8 Å². The molecule has 19 heavy (non-hydrogen) atoms. The Labute approximate surface area is 111 Å². The molecule has 96 valence electrons. The summed E-state index contributed by atoms with van der Waals surface area (Å²) in [6.45, 7) is 1.84. The van der Waals surface area contributed by atoms with Crippen LogP contribution in [-0.4, -0.2) is 21.7 Å². The predicted octanol–water partition coefficient (Wildman–Crippen LogP) is 1.90. The highest BCUT2D eigenvalue weighted by molar-refractivity contribution is 5.92. The van der Waals surface area contributed by atoms with E-state index in [9.17, 15) is 4.79 Å². The van der Waals surface area contributed by atoms with E-state index in [1.165, 1.54) is 0 Å². The van der Waals surface area contributed by atoms with Gasteiger partial charge in [-0.2, -0.15) is 10.4 Å². The minimum atomic E-state index is -0.477. The second-order valence-electron chi connectivity index (χ2n) is 4.04. The molecule has 1 aromatic heterocycles. The Morgan fingerprint density at radius 3 is 2.79 bits per heavy atom. The number of hydrogen-bond donors (Lipinski definition) is 1. The van der Waals surface area contributed by atoms with Crippen LogP contribution in [0.15, 0.2) is 42.6 Å². The van der Waals surface area contributed by atoms with Gasteiger partial charge in [-0.1, -0.05) is 25.1 Å². The lowest BCUT2D eigenvalue weighted by Crippen LogP contribution is -2.33. The van der Waals surface area contributed by atoms with Gasteiger partial charge in [0, 0.05) is 6.20 Å². The molecule has 5 nitrogen and oxygen atoms in total. The molecule has 1 atom stereocenters. The average Bonchev–Trinajstić information content (AvgIpc) is 2.95. The standard InChI is InChI=1S/C14H14N4O/c1-2-11(10-15)16-14(19)13-8-9-18(17-13)12-6-4-3-5-7-12/h3-9,11H,2H2,1H3,(H,16,19)/t11-/m1/s1. The molecule has 1 aromatic carbocycles. The van der Waals surface area contributed by atoms with Gasteiger partial charge >= 0.3 is 0 Å². The average molecular weight is 254 g/mol. The summed E-state index contributed by atoms with van der Waals surface area (Å²) in [7, 11) is 0. The van der Waals surface area contributed by atoms with E-state index in [0.29, 0.717) is 12.1 Å². The lowest BCUT2D eigenvalue weighted by atomic mass is 10.2. The summed E-state index contributed by atoms with van der Waals surface area (Å²) in [5.74, 6) is -0.330. The molecule has 0 saturated carbocycles. The molecule has 0 bridgehead atoms. The molecule has 1 N–H and O–H groups in total. The van der Waals surface area contributed by atoms with E-state index in [1.807, 2.05) is 43.3 Å². The van der Waals surface area contributed by atoms with Gasteiger partial charge in [0.05, 0.1) is 11.8 Å². The molecular formula is C14H14N4O. The van der Waals surface area contributed by atoms with Crippen molar-refractivity contribution in [3.05, 3.63) is 48.3 Å². The van der Waals surface area contributed by atoms with Crippen LogP contribution in [0.2, 0.25) is 0 Å². The summed E-state index contributed by atoms with van der Waals surface area (Å²) in [5, 5.41) is 15.6. The first-order chi connectivity index (χ1) is 9.24. The highest BCUT2D eigenvalue weighted by Gasteiger charge is 2.14. The number of benzene rings is 1. The fourth-order valence-corrected chi connectivity index (χ4v) is 1.63. The first kappa shape index (κ1) is 12.8. The van der Waals surface area contributed by atoms with Crippen molar-refractivity contribution in [3.63, 3.8) is 0 Å². The van der Waals surface area contributed by atoms with E-state index in [-0.39, 0.29) is 5.91 Å². The number of amides is 1. The first-order valence-corrected chi connectivity index (χ1v) is 6.06. The molecule has 0 unspecified atom stereocenters. The van der Waals surface area contributed by atoms with Gasteiger partial charge in [0.2, 0.25) is 0 Å². The van der Waals surface area contributed by atoms with Crippen LogP contribution in [0.25, 0.3) is 5.69 Å². The van der Waals surface area contributed by atoms with Gasteiger partial charge in [0.15, 0.2) is 5.69 Å². The van der Waals surface area contributed by atoms with Gasteiger partial charge < -0.3 is 5.32 Å². The molecule has 0 aliphatic heterocycles. The zero-order valence-electron chi connectivity index (χ0n) is 10.6. The Balaban J connectivity index is 2.14. The third-order valence-electron chi connectivity index (χ3n) is 2.71. The van der Waals surface area contributed by atoms with E-state index in [4.69, 9.17) is 5.26 Å². The molecule has 5 heteroatoms. The lowest BCUT2D eigenvalue weighted by molar-refractivity contribution is 0.0939. The van der Waals surface area contributed by atoms with Gasteiger partial charge in [-0.15, -0.1) is 0 Å². The van der Waals surface area contributed by atoms with Crippen LogP contribution < -0.4 is 5.32 Å². The van der Waals surface area contributed by atoms with Gasteiger partial charge in [-0.3, -0.25) is 4.79 Å². The molecule has 2 aromatic rings. The van der Waals surface area contributed by atoms with Crippen molar-refractivity contribution in [1.82, 2.24) is 15.1 Å². The second-order valence-corrected chi connectivity index (χ2v) is 4.04. The zero-order chi connectivity index (χ0) is 13.7. The van der Waals surface area contributed by atoms with Crippen molar-refractivity contribution in [2.24, 2.45) is 0 Å². The number of nitrogens with one attached hydrogen (secondary N) is 1. The molecule has 0 aliphatic carbocycles. The summed E-state index contributed by atoms with van der Waals surface area (Å²) in [5.41, 5.74) is 1.19. The van der Waals surface area contributed by atoms with Crippen molar-refractivity contribution in [1.29, 1.82) is 5.26 Å². The number of hydrogen-bond acceptors (Lipinski definition) is 3. The number of carbonyl (C=O) groups excluding carboxylic acids is 1. The SMILES string of the molecule is CC[C@H](C#N)NC(=O)c1ccn(-c2ccccc2)n1. The molecule has 0 fully saturated rings. The summed E-state index contributed by atoms with van der Waals surface area (Å²) in [6, 6.07) is 12.7. The Morgan fingerprint density at radius 1 is 1.42 bits per heavy atom. The summed E-state index contributed by atoms with van der Waals surface area (Å²) in [4.78, 5) is 11.9. The van der Waals surface area contributed by atoms with Crippen LogP contribution in [0, 0.1) is 11.3 Å². The van der Waals surface area contributed by atoms with E-state index >= 15 is 0 Å². The Morgan fingerprint density at radius 2 is 2.16 bits per heavy atom. The summed E-state index contributed by atoms with van der Waals surface area (Å²) in [6.07, 6.45) is 2.29. The first-order valence-electron chi connectivity index (χ1n) is 6.06. The molecule has 0 saturated heterocycles. The zero-order valence-corrected chi connectivity index (χ0v) is 10.6. The fourth-order valence-electron chi connectivity index (χ4n) is 1.63. The highest BCUT2D eigenvalue weighted by atomic mass is 16.2. The molecule has 1 amide bonds. The Bertz CT molecular complexity index is 597. The summed E-state index contributed by atoms with van der Waals surface area (Å²) >= 11 is 0. The third-order valence-corrected chi connectivity index (χ3v) is 2.71. The Hall–Kier alpha value is -2.61. The van der Waals surface area contributed by atoms with Crippen LogP contribution in [0.4, 0.5) is 0 Å². The van der Waals surface area contributed by atoms with Crippen molar-refractivity contribution in [2.75, 3.05) is 0 Å². The van der Waals surface area contributed by atoms with Crippen LogP contribution in [0.5, 0.6) is 0 Å². The topological polar surface area (TPSA) is 70.7 Å². The minimum Gasteiger partial charge on any atom is -0.335 e. The molecule has 0 radical (unpaired) electrons. The van der Waals surface area contributed by atoms with Crippen LogP contribution in [0.3, 0.4) is 0 Å². The second kappa shape index (κ2) is 5.83. The largest absolute Gasteiger partial charge is 0.335 e. The van der Waals surface area contributed by atoms with Crippen LogP contribution >= 0.6 is 0 Å². The van der Waals surface area contributed by atoms with E-state index in [1.54, 1.807) is 16.9 Å². The van der Waals surface area contributed by atoms with Crippen molar-refractivity contribution in [2.45, 2.75) is 19.4 Å². The maximum absolute atomic E-state index is 11.9. The van der Waals surface area contributed by atoms with Gasteiger partial charge in [-0.25, -0.2) is 4.68 Å². The van der Waals surface area contributed by atoms with Gasteiger partial charge in [0.25, 0.3) is 5.91 Å². The maximum Gasteiger partial charge on any atom is 0.272 e. The molecule has 2 rings (SSSR count). The third kappa shape index (κ3) is 2.99. The molecule has 1 heterocycles. The molecular weight excluding hydrogens is 240 g/mol. The Kier molecular flexibility index (Phi) is 3.94. The van der Waals surface area contributed by atoms with Crippen LogP contribution in [-0.2, 0) is 0 Å². The fraction of sp³-hybridized carbons (Fsp3) is 0.214. The maximum atomic E-state index is 11.9. The molecule has 0 aliphatic rings. The van der Waals surface area contributed by atoms with E-state index in [0.717, 1.165) is 5.69 Å². The molecule has 0 spiro atoms. The van der Waals surface area contributed by atoms with Crippen molar-refractivity contribution in [3.8, 4) is 11.8 Å². The monoisotopic (exact) mass is 254 g/mol. The number of nitrogens with zero attached hydrogens (tertiary/aromatic N) is 3. The number of para-hydroxylation sites is 1. The predicted molar refractivity (Wildman–Crippen MR) is 70.7 cm³/mol. The number of carbonyl (C=O) groups is 1.